The predicted octanol–water partition coefficient (Wildman–Crippen LogP) is -3.04. The Hall–Kier alpha value is -1.72. The van der Waals surface area contributed by atoms with E-state index < -0.39 is 23.5 Å². The molecule has 0 aliphatic rings. The average Bonchev–Trinajstić information content (AvgIpc) is 1.84. The summed E-state index contributed by atoms with van der Waals surface area (Å²) < 4.78 is 0. The van der Waals surface area contributed by atoms with Gasteiger partial charge in [-0.05, 0) is 0 Å². The molecule has 0 aromatic rings. The van der Waals surface area contributed by atoms with Gasteiger partial charge in [0.1, 0.15) is 5.97 Å². The molecule has 0 aromatic heterocycles. The van der Waals surface area contributed by atoms with E-state index in [9.17, 15) is 24.3 Å². The third-order valence-corrected chi connectivity index (χ3v) is 0.586. The molecule has 0 spiro atoms. The number of hydrogen-bond acceptors (Lipinski definition) is 5. The van der Waals surface area contributed by atoms with Crippen LogP contribution in [-0.2, 0) is 19.2 Å². The van der Waals surface area contributed by atoms with Crippen LogP contribution in [0.1, 0.15) is 0 Å². The molecule has 0 amide bonds. The van der Waals surface area contributed by atoms with E-state index in [-0.39, 0.29) is 0 Å². The number of hydrogen-bond donors (Lipinski definition) is 1. The van der Waals surface area contributed by atoms with Crippen LogP contribution >= 0.6 is 0 Å². The largest absolute Gasteiger partial charge is 0.541 e. The van der Waals surface area contributed by atoms with Gasteiger partial charge in [-0.1, -0.05) is 0 Å². The van der Waals surface area contributed by atoms with Crippen molar-refractivity contribution in [3.05, 3.63) is 0 Å². The lowest BCUT2D eigenvalue weighted by molar-refractivity contribution is -0.299. The standard InChI is InChI=1S/C4H2O6/c5-1(3(7)8)2(6)4(9)10/h(H,7,8)(H,9,10)/p-1. The van der Waals surface area contributed by atoms with E-state index in [1.807, 2.05) is 0 Å². The first-order chi connectivity index (χ1) is 4.46. The van der Waals surface area contributed by atoms with E-state index in [0.29, 0.717) is 0 Å². The van der Waals surface area contributed by atoms with Gasteiger partial charge in [-0.2, -0.15) is 0 Å². The minimum Gasteiger partial charge on any atom is -0.541 e. The van der Waals surface area contributed by atoms with Gasteiger partial charge in [0, 0.05) is 0 Å². The van der Waals surface area contributed by atoms with Crippen LogP contribution in [0.4, 0.5) is 0 Å². The minimum atomic E-state index is -2.31. The summed E-state index contributed by atoms with van der Waals surface area (Å²) >= 11 is 0. The van der Waals surface area contributed by atoms with Gasteiger partial charge in [-0.25, -0.2) is 4.79 Å². The minimum absolute atomic E-state index is 2.00. The van der Waals surface area contributed by atoms with E-state index in [2.05, 4.69) is 0 Å². The molecule has 0 rings (SSSR count). The van der Waals surface area contributed by atoms with Crippen molar-refractivity contribution in [2.24, 2.45) is 0 Å². The first-order valence-corrected chi connectivity index (χ1v) is 1.99. The van der Waals surface area contributed by atoms with E-state index in [1.165, 1.54) is 0 Å². The highest BCUT2D eigenvalue weighted by atomic mass is 16.4. The van der Waals surface area contributed by atoms with Gasteiger partial charge in [0.05, 0.1) is 0 Å². The predicted molar refractivity (Wildman–Crippen MR) is 22.7 cm³/mol. The van der Waals surface area contributed by atoms with Crippen molar-refractivity contribution >= 4 is 23.5 Å². The maximum absolute atomic E-state index is 9.91. The Kier molecular flexibility index (Phi) is 2.25. The average molecular weight is 145 g/mol. The van der Waals surface area contributed by atoms with Gasteiger partial charge in [0.25, 0.3) is 5.78 Å². The van der Waals surface area contributed by atoms with Gasteiger partial charge in [0.15, 0.2) is 0 Å². The van der Waals surface area contributed by atoms with Crippen LogP contribution in [0.5, 0.6) is 0 Å². The molecule has 54 valence electrons. The van der Waals surface area contributed by atoms with E-state index >= 15 is 0 Å². The molecule has 0 aromatic carbocycles. The van der Waals surface area contributed by atoms with Crippen LogP contribution in [0.3, 0.4) is 0 Å². The summed E-state index contributed by atoms with van der Waals surface area (Å²) in [5.41, 5.74) is 0. The fraction of sp³-hybridized carbons (Fsp3) is 0. The molecule has 0 heterocycles. The Balaban J connectivity index is 4.39. The lowest BCUT2D eigenvalue weighted by atomic mass is 10.3. The molecular weight excluding hydrogens is 144 g/mol. The van der Waals surface area contributed by atoms with Gasteiger partial charge >= 0.3 is 11.8 Å². The zero-order valence-corrected chi connectivity index (χ0v) is 4.49. The number of aliphatic carboxylic acids is 2. The molecular formula is C4HO6-. The summed E-state index contributed by atoms with van der Waals surface area (Å²) in [6, 6.07) is 0. The fourth-order valence-electron chi connectivity index (χ4n) is 0.190. The maximum Gasteiger partial charge on any atom is 0.380 e. The Morgan fingerprint density at radius 1 is 1.00 bits per heavy atom. The van der Waals surface area contributed by atoms with E-state index in [1.54, 1.807) is 0 Å². The Bertz CT molecular complexity index is 190. The monoisotopic (exact) mass is 145 g/mol. The van der Waals surface area contributed by atoms with Crippen molar-refractivity contribution in [2.75, 3.05) is 0 Å². The van der Waals surface area contributed by atoms with Crippen LogP contribution in [0.25, 0.3) is 0 Å². The van der Waals surface area contributed by atoms with Crippen LogP contribution in [0.2, 0.25) is 0 Å². The lowest BCUT2D eigenvalue weighted by Gasteiger charge is -1.93. The smallest absolute Gasteiger partial charge is 0.380 e. The highest BCUT2D eigenvalue weighted by Crippen LogP contribution is 1.74. The van der Waals surface area contributed by atoms with Crippen LogP contribution in [-0.4, -0.2) is 28.6 Å². The van der Waals surface area contributed by atoms with Crippen molar-refractivity contribution in [1.82, 2.24) is 0 Å². The highest BCUT2D eigenvalue weighted by molar-refractivity contribution is 6.75. The molecule has 6 heteroatoms. The SMILES string of the molecule is O=C([O-])C(=O)C(=O)C(=O)O. The second kappa shape index (κ2) is 2.72. The molecule has 0 saturated heterocycles. The summed E-state index contributed by atoms with van der Waals surface area (Å²) in [5.74, 6) is -8.46. The van der Waals surface area contributed by atoms with Gasteiger partial charge < -0.3 is 15.0 Å². The summed E-state index contributed by atoms with van der Waals surface area (Å²) in [5, 5.41) is 17.2. The Morgan fingerprint density at radius 2 is 1.40 bits per heavy atom. The fourth-order valence-corrected chi connectivity index (χ4v) is 0.190. The number of carboxylic acid groups (broad SMARTS) is 2. The van der Waals surface area contributed by atoms with Crippen molar-refractivity contribution in [3.63, 3.8) is 0 Å². The number of carbonyl (C=O) groups excluding carboxylic acids is 3. The number of ketones is 2. The third-order valence-electron chi connectivity index (χ3n) is 0.586. The summed E-state index contributed by atoms with van der Waals surface area (Å²) in [6.45, 7) is 0. The highest BCUT2D eigenvalue weighted by Gasteiger charge is 2.21. The third kappa shape index (κ3) is 1.66. The zero-order chi connectivity index (χ0) is 8.31. The van der Waals surface area contributed by atoms with Crippen LogP contribution in [0, 0.1) is 0 Å². The quantitative estimate of drug-likeness (QED) is 0.333. The van der Waals surface area contributed by atoms with Crippen molar-refractivity contribution < 1.29 is 29.4 Å². The second-order valence-electron chi connectivity index (χ2n) is 1.25. The van der Waals surface area contributed by atoms with Crippen molar-refractivity contribution in [2.45, 2.75) is 0 Å². The zero-order valence-electron chi connectivity index (χ0n) is 4.49. The molecule has 0 radical (unpaired) electrons. The summed E-state index contributed by atoms with van der Waals surface area (Å²) in [7, 11) is 0. The molecule has 0 saturated carbocycles. The Labute approximate surface area is 54.1 Å². The summed E-state index contributed by atoms with van der Waals surface area (Å²) in [6.07, 6.45) is 0. The maximum atomic E-state index is 9.91. The number of carbonyl (C=O) groups is 4. The van der Waals surface area contributed by atoms with Crippen LogP contribution < -0.4 is 5.11 Å². The molecule has 0 aliphatic carbocycles. The Morgan fingerprint density at radius 3 is 1.50 bits per heavy atom. The first kappa shape index (κ1) is 8.28. The van der Waals surface area contributed by atoms with Gasteiger partial charge in [-0.15, -0.1) is 0 Å². The molecule has 0 atom stereocenters. The molecule has 0 unspecified atom stereocenters. The normalized spacial score (nSPS) is 8.40. The molecule has 6 nitrogen and oxygen atoms in total. The van der Waals surface area contributed by atoms with E-state index in [0.717, 1.165) is 0 Å². The lowest BCUT2D eigenvalue weighted by Crippen LogP contribution is -2.39. The van der Waals surface area contributed by atoms with Gasteiger partial charge in [-0.3, -0.25) is 9.59 Å². The van der Waals surface area contributed by atoms with Crippen molar-refractivity contribution in [1.29, 1.82) is 0 Å². The number of carboxylic acids is 2. The molecule has 0 bridgehead atoms. The molecule has 0 aliphatic heterocycles. The number of rotatable bonds is 3. The molecule has 10 heavy (non-hydrogen) atoms. The van der Waals surface area contributed by atoms with Crippen molar-refractivity contribution in [3.8, 4) is 0 Å². The first-order valence-electron chi connectivity index (χ1n) is 1.99. The summed E-state index contributed by atoms with van der Waals surface area (Å²) in [4.78, 5) is 38.9. The molecule has 0 fully saturated rings. The molecule has 1 N–H and O–H groups in total. The van der Waals surface area contributed by atoms with E-state index in [4.69, 9.17) is 5.11 Å². The number of Topliss-reactive ketones (excluding diaryl/α,β-unsaturated/α-hetero) is 2. The second-order valence-corrected chi connectivity index (χ2v) is 1.25. The van der Waals surface area contributed by atoms with Gasteiger partial charge in [0.2, 0.25) is 0 Å². The topological polar surface area (TPSA) is 112 Å². The van der Waals surface area contributed by atoms with Crippen LogP contribution in [0.15, 0.2) is 0 Å².